The van der Waals surface area contributed by atoms with Gasteiger partial charge in [0.1, 0.15) is 11.7 Å². The van der Waals surface area contributed by atoms with E-state index in [4.69, 9.17) is 4.74 Å². The lowest BCUT2D eigenvalue weighted by molar-refractivity contribution is -0.115. The number of carbonyl (C=O) groups is 1. The number of ether oxygens (including phenoxy) is 1. The molecular formula is C23H27N3O2. The van der Waals surface area contributed by atoms with Gasteiger partial charge in [-0.1, -0.05) is 12.1 Å². The van der Waals surface area contributed by atoms with E-state index in [1.165, 1.54) is 19.4 Å². The molecule has 5 heteroatoms. The van der Waals surface area contributed by atoms with Crippen LogP contribution in [0.3, 0.4) is 0 Å². The molecule has 5 nitrogen and oxygen atoms in total. The van der Waals surface area contributed by atoms with Crippen LogP contribution in [0.2, 0.25) is 0 Å². The van der Waals surface area contributed by atoms with Gasteiger partial charge in [-0.05, 0) is 74.8 Å². The Morgan fingerprint density at radius 2 is 2.07 bits per heavy atom. The number of aliphatic imine (C=N–C) groups is 1. The van der Waals surface area contributed by atoms with Gasteiger partial charge in [0, 0.05) is 24.4 Å². The van der Waals surface area contributed by atoms with Crippen LogP contribution in [0.5, 0.6) is 5.75 Å². The van der Waals surface area contributed by atoms with Crippen LogP contribution in [0, 0.1) is 12.8 Å². The van der Waals surface area contributed by atoms with E-state index in [1.54, 1.807) is 6.21 Å². The average Bonchev–Trinajstić information content (AvgIpc) is 3.02. The zero-order chi connectivity index (χ0) is 19.5. The summed E-state index contributed by atoms with van der Waals surface area (Å²) in [7, 11) is 2.17. The normalized spacial score (nSPS) is 22.3. The van der Waals surface area contributed by atoms with Gasteiger partial charge in [-0.2, -0.15) is 0 Å². The van der Waals surface area contributed by atoms with Crippen molar-refractivity contribution in [2.75, 3.05) is 32.1 Å². The Morgan fingerprint density at radius 1 is 1.25 bits per heavy atom. The molecule has 2 aliphatic rings. The van der Waals surface area contributed by atoms with E-state index in [9.17, 15) is 4.79 Å². The van der Waals surface area contributed by atoms with Crippen LogP contribution in [0.4, 0.5) is 11.4 Å². The number of hydrogen-bond donors (Lipinski definition) is 1. The maximum absolute atomic E-state index is 12.3. The molecule has 0 bridgehead atoms. The lowest BCUT2D eigenvalue weighted by Crippen LogP contribution is -2.34. The number of piperidine rings is 1. The van der Waals surface area contributed by atoms with E-state index in [-0.39, 0.29) is 11.8 Å². The Hall–Kier alpha value is -2.66. The molecule has 4 rings (SSSR count). The molecule has 2 aromatic rings. The zero-order valence-corrected chi connectivity index (χ0v) is 16.5. The summed E-state index contributed by atoms with van der Waals surface area (Å²) in [4.78, 5) is 19.2. The number of nitrogens with zero attached hydrogens (tertiary/aromatic N) is 2. The van der Waals surface area contributed by atoms with Crippen LogP contribution in [0.15, 0.2) is 47.5 Å². The third kappa shape index (κ3) is 4.09. The fourth-order valence-corrected chi connectivity index (χ4v) is 4.10. The minimum Gasteiger partial charge on any atom is -0.493 e. The summed E-state index contributed by atoms with van der Waals surface area (Å²) in [5, 5.41) is 2.93. The SMILES string of the molecule is Cc1cccc2c1C(C=Nc1ccc(OCC3CCCN(C)C3)cc1)C(=O)N2. The fourth-order valence-electron chi connectivity index (χ4n) is 4.10. The Kier molecular flexibility index (Phi) is 5.44. The molecule has 2 heterocycles. The molecule has 1 fully saturated rings. The number of hydrogen-bond acceptors (Lipinski definition) is 4. The largest absolute Gasteiger partial charge is 0.493 e. The number of rotatable bonds is 5. The predicted octanol–water partition coefficient (Wildman–Crippen LogP) is 4.15. The van der Waals surface area contributed by atoms with Gasteiger partial charge < -0.3 is 15.0 Å². The van der Waals surface area contributed by atoms with Crippen molar-refractivity contribution >= 4 is 23.5 Å². The summed E-state index contributed by atoms with van der Waals surface area (Å²) in [5.74, 6) is 1.11. The maximum atomic E-state index is 12.3. The second-order valence-electron chi connectivity index (χ2n) is 7.86. The zero-order valence-electron chi connectivity index (χ0n) is 16.5. The maximum Gasteiger partial charge on any atom is 0.237 e. The first-order valence-electron chi connectivity index (χ1n) is 9.96. The van der Waals surface area contributed by atoms with Gasteiger partial charge in [0.15, 0.2) is 0 Å². The van der Waals surface area contributed by atoms with Crippen molar-refractivity contribution in [3.05, 3.63) is 53.6 Å². The topological polar surface area (TPSA) is 53.9 Å². The summed E-state index contributed by atoms with van der Waals surface area (Å²) in [5.41, 5.74) is 3.83. The van der Waals surface area contributed by atoms with Gasteiger partial charge >= 0.3 is 0 Å². The van der Waals surface area contributed by atoms with E-state index in [2.05, 4.69) is 22.3 Å². The Labute approximate surface area is 166 Å². The molecule has 146 valence electrons. The monoisotopic (exact) mass is 377 g/mol. The quantitative estimate of drug-likeness (QED) is 0.796. The van der Waals surface area contributed by atoms with Crippen molar-refractivity contribution in [3.63, 3.8) is 0 Å². The molecule has 2 aromatic carbocycles. The first-order chi connectivity index (χ1) is 13.6. The molecule has 1 saturated heterocycles. The Bertz CT molecular complexity index is 876. The minimum atomic E-state index is -0.338. The van der Waals surface area contributed by atoms with Gasteiger partial charge in [0.05, 0.1) is 12.3 Å². The van der Waals surface area contributed by atoms with Gasteiger partial charge in [0.2, 0.25) is 5.91 Å². The van der Waals surface area contributed by atoms with E-state index < -0.39 is 0 Å². The highest BCUT2D eigenvalue weighted by Crippen LogP contribution is 2.34. The Morgan fingerprint density at radius 3 is 2.86 bits per heavy atom. The second kappa shape index (κ2) is 8.15. The molecule has 28 heavy (non-hydrogen) atoms. The van der Waals surface area contributed by atoms with Gasteiger partial charge in [0.25, 0.3) is 0 Å². The van der Waals surface area contributed by atoms with Crippen molar-refractivity contribution < 1.29 is 9.53 Å². The van der Waals surface area contributed by atoms with E-state index in [0.717, 1.165) is 41.4 Å². The fraction of sp³-hybridized carbons (Fsp3) is 0.391. The lowest BCUT2D eigenvalue weighted by Gasteiger charge is -2.29. The van der Waals surface area contributed by atoms with Crippen LogP contribution in [0.25, 0.3) is 0 Å². The number of anilines is 1. The average molecular weight is 377 g/mol. The number of carbonyl (C=O) groups excluding carboxylic acids is 1. The number of fused-ring (bicyclic) bond motifs is 1. The van der Waals surface area contributed by atoms with E-state index in [0.29, 0.717) is 5.92 Å². The standard InChI is InChI=1S/C23H27N3O2/c1-16-5-3-7-21-22(16)20(23(27)25-21)13-24-18-8-10-19(11-9-18)28-15-17-6-4-12-26(2)14-17/h3,5,7-11,13,17,20H,4,6,12,14-15H2,1-2H3,(H,25,27). The highest BCUT2D eigenvalue weighted by atomic mass is 16.5. The summed E-state index contributed by atoms with van der Waals surface area (Å²) in [6.45, 7) is 5.07. The molecule has 0 spiro atoms. The first kappa shape index (κ1) is 18.7. The van der Waals surface area contributed by atoms with Gasteiger partial charge in [-0.25, -0.2) is 0 Å². The highest BCUT2D eigenvalue weighted by molar-refractivity contribution is 6.13. The number of nitrogens with one attached hydrogen (secondary N) is 1. The summed E-state index contributed by atoms with van der Waals surface area (Å²) < 4.78 is 5.96. The molecular weight excluding hydrogens is 350 g/mol. The summed E-state index contributed by atoms with van der Waals surface area (Å²) in [6.07, 6.45) is 4.22. The molecule has 0 aliphatic carbocycles. The number of amides is 1. The van der Waals surface area contributed by atoms with Crippen LogP contribution in [0.1, 0.15) is 29.9 Å². The predicted molar refractivity (Wildman–Crippen MR) is 113 cm³/mol. The highest BCUT2D eigenvalue weighted by Gasteiger charge is 2.30. The van der Waals surface area contributed by atoms with Crippen molar-refractivity contribution in [2.45, 2.75) is 25.7 Å². The van der Waals surface area contributed by atoms with Crippen LogP contribution in [-0.2, 0) is 4.79 Å². The minimum absolute atomic E-state index is 0.0227. The van der Waals surface area contributed by atoms with Gasteiger partial charge in [-0.15, -0.1) is 0 Å². The number of benzene rings is 2. The van der Waals surface area contributed by atoms with Crippen molar-refractivity contribution in [2.24, 2.45) is 10.9 Å². The lowest BCUT2D eigenvalue weighted by atomic mass is 9.97. The molecule has 0 radical (unpaired) electrons. The third-order valence-electron chi connectivity index (χ3n) is 5.59. The molecule has 1 N–H and O–H groups in total. The van der Waals surface area contributed by atoms with Crippen LogP contribution < -0.4 is 10.1 Å². The van der Waals surface area contributed by atoms with Crippen molar-refractivity contribution in [1.82, 2.24) is 4.90 Å². The van der Waals surface area contributed by atoms with Crippen LogP contribution >= 0.6 is 0 Å². The molecule has 1 amide bonds. The molecule has 2 aliphatic heterocycles. The van der Waals surface area contributed by atoms with Gasteiger partial charge in [-0.3, -0.25) is 9.79 Å². The van der Waals surface area contributed by atoms with E-state index >= 15 is 0 Å². The Balaban J connectivity index is 1.38. The molecule has 0 aromatic heterocycles. The number of aryl methyl sites for hydroxylation is 1. The summed E-state index contributed by atoms with van der Waals surface area (Å²) >= 11 is 0. The first-order valence-corrected chi connectivity index (χ1v) is 9.96. The molecule has 0 saturated carbocycles. The molecule has 2 atom stereocenters. The van der Waals surface area contributed by atoms with E-state index in [1.807, 2.05) is 49.4 Å². The number of likely N-dealkylation sites (tertiary alicyclic amines) is 1. The summed E-state index contributed by atoms with van der Waals surface area (Å²) in [6, 6.07) is 13.7. The smallest absolute Gasteiger partial charge is 0.237 e. The second-order valence-corrected chi connectivity index (χ2v) is 7.86. The van der Waals surface area contributed by atoms with Crippen LogP contribution in [-0.4, -0.2) is 43.8 Å². The molecule has 2 unspecified atom stereocenters. The van der Waals surface area contributed by atoms with Crippen molar-refractivity contribution in [3.8, 4) is 5.75 Å². The van der Waals surface area contributed by atoms with Crippen molar-refractivity contribution in [1.29, 1.82) is 0 Å². The third-order valence-corrected chi connectivity index (χ3v) is 5.59.